The van der Waals surface area contributed by atoms with Crippen LogP contribution in [0, 0.1) is 0 Å². The molecule has 19 heavy (non-hydrogen) atoms. The van der Waals surface area contributed by atoms with Crippen LogP contribution < -0.4 is 11.2 Å². The van der Waals surface area contributed by atoms with E-state index in [2.05, 4.69) is 34.3 Å². The number of hydrogen-bond acceptors (Lipinski definition) is 5. The summed E-state index contributed by atoms with van der Waals surface area (Å²) in [5.41, 5.74) is 10.1. The molecule has 3 aliphatic heterocycles. The molecule has 3 fully saturated rings. The van der Waals surface area contributed by atoms with Crippen molar-refractivity contribution < 1.29 is 0 Å². The van der Waals surface area contributed by atoms with Crippen LogP contribution in [-0.4, -0.2) is 79.3 Å². The monoisotopic (exact) mass is 267 g/mol. The molecule has 0 saturated carbocycles. The first-order valence-electron chi connectivity index (χ1n) is 7.75. The molecule has 110 valence electrons. The van der Waals surface area contributed by atoms with Crippen molar-refractivity contribution in [3.63, 3.8) is 0 Å². The van der Waals surface area contributed by atoms with Crippen molar-refractivity contribution in [3.8, 4) is 0 Å². The highest BCUT2D eigenvalue weighted by Gasteiger charge is 2.46. The van der Waals surface area contributed by atoms with Crippen LogP contribution in [0.15, 0.2) is 0 Å². The highest BCUT2D eigenvalue weighted by molar-refractivity contribution is 5.05. The highest BCUT2D eigenvalue weighted by atomic mass is 15.6. The van der Waals surface area contributed by atoms with Gasteiger partial charge in [0.25, 0.3) is 0 Å². The Kier molecular flexibility index (Phi) is 3.84. The zero-order chi connectivity index (χ0) is 13.5. The lowest BCUT2D eigenvalue weighted by Gasteiger charge is -2.48. The first kappa shape index (κ1) is 13.8. The molecule has 0 amide bonds. The fourth-order valence-electron chi connectivity index (χ4n) is 4.12. The summed E-state index contributed by atoms with van der Waals surface area (Å²) in [5, 5.41) is 2.41. The molecule has 5 nitrogen and oxygen atoms in total. The summed E-state index contributed by atoms with van der Waals surface area (Å²) in [5.74, 6) is 0. The van der Waals surface area contributed by atoms with E-state index in [9.17, 15) is 0 Å². The first-order valence-corrected chi connectivity index (χ1v) is 7.75. The molecule has 0 spiro atoms. The molecule has 2 unspecified atom stereocenters. The molecule has 0 aliphatic carbocycles. The van der Waals surface area contributed by atoms with E-state index in [1.807, 2.05) is 0 Å². The van der Waals surface area contributed by atoms with Gasteiger partial charge in [-0.2, -0.15) is 0 Å². The van der Waals surface area contributed by atoms with E-state index in [4.69, 9.17) is 5.73 Å². The van der Waals surface area contributed by atoms with Crippen LogP contribution in [0.4, 0.5) is 0 Å². The van der Waals surface area contributed by atoms with Crippen molar-refractivity contribution in [1.82, 2.24) is 20.2 Å². The summed E-state index contributed by atoms with van der Waals surface area (Å²) >= 11 is 0. The maximum Gasteiger partial charge on any atom is 0.0477 e. The quantitative estimate of drug-likeness (QED) is 0.735. The lowest BCUT2D eigenvalue weighted by atomic mass is 9.83. The Balaban J connectivity index is 1.64. The van der Waals surface area contributed by atoms with E-state index < -0.39 is 0 Å². The van der Waals surface area contributed by atoms with E-state index in [1.54, 1.807) is 0 Å². The van der Waals surface area contributed by atoms with Gasteiger partial charge in [-0.3, -0.25) is 0 Å². The molecule has 3 N–H and O–H groups in total. The van der Waals surface area contributed by atoms with Gasteiger partial charge < -0.3 is 15.5 Å². The van der Waals surface area contributed by atoms with Gasteiger partial charge in [0.15, 0.2) is 0 Å². The molecule has 2 bridgehead atoms. The Bertz CT molecular complexity index is 299. The molecule has 2 atom stereocenters. The standard InChI is InChI=1S/C14H29N5/c1-17-5-7-19(8-6-17)16-14(11-15)9-12-3-4-13(10-14)18(12)2/h12-13,16H,3-11,15H2,1-2H3. The van der Waals surface area contributed by atoms with Gasteiger partial charge in [-0.05, 0) is 39.8 Å². The second kappa shape index (κ2) is 5.30. The number of likely N-dealkylation sites (N-methyl/N-ethyl adjacent to an activating group) is 1. The molecule has 3 rings (SSSR count). The Labute approximate surface area is 117 Å². The van der Waals surface area contributed by atoms with Gasteiger partial charge in [-0.15, -0.1) is 0 Å². The van der Waals surface area contributed by atoms with Crippen molar-refractivity contribution in [3.05, 3.63) is 0 Å². The topological polar surface area (TPSA) is 47.8 Å². The predicted octanol–water partition coefficient (Wildman–Crippen LogP) is -0.307. The minimum absolute atomic E-state index is 0.147. The number of piperidine rings is 1. The summed E-state index contributed by atoms with van der Waals surface area (Å²) in [4.78, 5) is 4.98. The maximum atomic E-state index is 6.16. The van der Waals surface area contributed by atoms with Crippen LogP contribution >= 0.6 is 0 Å². The van der Waals surface area contributed by atoms with Crippen LogP contribution in [0.25, 0.3) is 0 Å². The molecule has 0 radical (unpaired) electrons. The van der Waals surface area contributed by atoms with E-state index in [0.29, 0.717) is 0 Å². The number of rotatable bonds is 3. The third-order valence-electron chi connectivity index (χ3n) is 5.53. The zero-order valence-corrected chi connectivity index (χ0v) is 12.4. The molecular formula is C14H29N5. The van der Waals surface area contributed by atoms with Gasteiger partial charge in [0.2, 0.25) is 0 Å². The van der Waals surface area contributed by atoms with Crippen LogP contribution in [0.5, 0.6) is 0 Å². The van der Waals surface area contributed by atoms with Crippen LogP contribution in [-0.2, 0) is 0 Å². The Morgan fingerprint density at radius 2 is 1.63 bits per heavy atom. The molecule has 3 saturated heterocycles. The first-order chi connectivity index (χ1) is 9.12. The number of nitrogens with one attached hydrogen (secondary N) is 1. The van der Waals surface area contributed by atoms with Gasteiger partial charge in [0.05, 0.1) is 0 Å². The number of hydrazine groups is 1. The molecule has 3 aliphatic rings. The summed E-state index contributed by atoms with van der Waals surface area (Å²) in [6, 6.07) is 1.48. The maximum absolute atomic E-state index is 6.16. The largest absolute Gasteiger partial charge is 0.329 e. The van der Waals surface area contributed by atoms with E-state index in [1.165, 1.54) is 25.7 Å². The molecule has 5 heteroatoms. The second-order valence-corrected chi connectivity index (χ2v) is 6.85. The number of fused-ring (bicyclic) bond motifs is 2. The van der Waals surface area contributed by atoms with E-state index in [0.717, 1.165) is 44.8 Å². The summed E-state index contributed by atoms with van der Waals surface area (Å²) in [6.45, 7) is 5.30. The third-order valence-corrected chi connectivity index (χ3v) is 5.53. The van der Waals surface area contributed by atoms with Gasteiger partial charge in [0, 0.05) is 50.3 Å². The fourth-order valence-corrected chi connectivity index (χ4v) is 4.12. The van der Waals surface area contributed by atoms with Crippen molar-refractivity contribution in [1.29, 1.82) is 0 Å². The molecule has 0 aromatic carbocycles. The average Bonchev–Trinajstić information content (AvgIpc) is 2.65. The number of piperazine rings is 1. The van der Waals surface area contributed by atoms with Crippen LogP contribution in [0.1, 0.15) is 25.7 Å². The number of nitrogens with zero attached hydrogens (tertiary/aromatic N) is 3. The Hall–Kier alpha value is -0.200. The zero-order valence-electron chi connectivity index (χ0n) is 12.4. The second-order valence-electron chi connectivity index (χ2n) is 6.85. The minimum Gasteiger partial charge on any atom is -0.329 e. The summed E-state index contributed by atoms with van der Waals surface area (Å²) in [7, 11) is 4.49. The van der Waals surface area contributed by atoms with E-state index >= 15 is 0 Å². The Morgan fingerprint density at radius 1 is 1.05 bits per heavy atom. The van der Waals surface area contributed by atoms with Crippen molar-refractivity contribution in [2.75, 3.05) is 46.8 Å². The normalized spacial score (nSPS) is 41.8. The lowest BCUT2D eigenvalue weighted by Crippen LogP contribution is -2.66. The van der Waals surface area contributed by atoms with Crippen LogP contribution in [0.2, 0.25) is 0 Å². The summed E-state index contributed by atoms with van der Waals surface area (Å²) < 4.78 is 0. The molecule has 0 aromatic rings. The predicted molar refractivity (Wildman–Crippen MR) is 77.8 cm³/mol. The van der Waals surface area contributed by atoms with E-state index in [-0.39, 0.29) is 5.54 Å². The molecular weight excluding hydrogens is 238 g/mol. The SMILES string of the molecule is CN1CCN(NC2(CN)CC3CCC(C2)N3C)CC1. The van der Waals surface area contributed by atoms with Gasteiger partial charge in [-0.25, -0.2) is 10.4 Å². The van der Waals surface area contributed by atoms with Crippen molar-refractivity contribution >= 4 is 0 Å². The van der Waals surface area contributed by atoms with Crippen molar-refractivity contribution in [2.45, 2.75) is 43.3 Å². The highest BCUT2D eigenvalue weighted by Crippen LogP contribution is 2.39. The third kappa shape index (κ3) is 2.67. The number of hydrogen-bond donors (Lipinski definition) is 2. The van der Waals surface area contributed by atoms with Crippen molar-refractivity contribution in [2.24, 2.45) is 5.73 Å². The van der Waals surface area contributed by atoms with Gasteiger partial charge in [-0.1, -0.05) is 0 Å². The smallest absolute Gasteiger partial charge is 0.0477 e. The Morgan fingerprint density at radius 3 is 2.16 bits per heavy atom. The van der Waals surface area contributed by atoms with Gasteiger partial charge in [0.1, 0.15) is 0 Å². The molecule has 0 aromatic heterocycles. The summed E-state index contributed by atoms with van der Waals surface area (Å²) in [6.07, 6.45) is 5.13. The van der Waals surface area contributed by atoms with Gasteiger partial charge >= 0.3 is 0 Å². The average molecular weight is 267 g/mol. The number of nitrogens with two attached hydrogens (primary N) is 1. The minimum atomic E-state index is 0.147. The lowest BCUT2D eigenvalue weighted by molar-refractivity contribution is 0.00742. The molecule has 3 heterocycles. The fraction of sp³-hybridized carbons (Fsp3) is 1.00. The van der Waals surface area contributed by atoms with Crippen LogP contribution in [0.3, 0.4) is 0 Å².